The minimum Gasteiger partial charge on any atom is -0.464 e. The molecule has 1 aliphatic heterocycles. The van der Waals surface area contributed by atoms with Crippen LogP contribution in [0.4, 0.5) is 0 Å². The fourth-order valence-electron chi connectivity index (χ4n) is 4.30. The molecule has 0 spiro atoms. The fourth-order valence-corrected chi connectivity index (χ4v) is 4.30. The number of aromatic nitrogens is 1. The SMILES string of the molecule is CCCC(NC(=O)C(C)N1CCC(n2cccc2C(=O)OC)CC1)c1ccccc1. The third-order valence-corrected chi connectivity index (χ3v) is 6.09. The molecule has 2 heterocycles. The van der Waals surface area contributed by atoms with E-state index in [-0.39, 0.29) is 30.0 Å². The Morgan fingerprint density at radius 1 is 1.13 bits per heavy atom. The van der Waals surface area contributed by atoms with Gasteiger partial charge in [-0.25, -0.2) is 4.79 Å². The van der Waals surface area contributed by atoms with Gasteiger partial charge in [-0.15, -0.1) is 0 Å². The maximum absolute atomic E-state index is 13.0. The molecule has 0 saturated carbocycles. The van der Waals surface area contributed by atoms with Crippen LogP contribution in [0.15, 0.2) is 48.7 Å². The lowest BCUT2D eigenvalue weighted by Crippen LogP contribution is -2.49. The molecular formula is C24H33N3O3. The first kappa shape index (κ1) is 22.1. The zero-order chi connectivity index (χ0) is 21.5. The molecule has 6 heteroatoms. The summed E-state index contributed by atoms with van der Waals surface area (Å²) < 4.78 is 6.90. The quantitative estimate of drug-likeness (QED) is 0.668. The Bertz CT molecular complexity index is 825. The van der Waals surface area contributed by atoms with Gasteiger partial charge in [-0.1, -0.05) is 43.7 Å². The first-order valence-electron chi connectivity index (χ1n) is 10.9. The van der Waals surface area contributed by atoms with Crippen LogP contribution in [-0.2, 0) is 9.53 Å². The summed E-state index contributed by atoms with van der Waals surface area (Å²) >= 11 is 0. The first-order valence-corrected chi connectivity index (χ1v) is 10.9. The van der Waals surface area contributed by atoms with Gasteiger partial charge < -0.3 is 14.6 Å². The monoisotopic (exact) mass is 411 g/mol. The Morgan fingerprint density at radius 3 is 2.47 bits per heavy atom. The van der Waals surface area contributed by atoms with E-state index in [4.69, 9.17) is 4.74 Å². The number of amides is 1. The normalized spacial score (nSPS) is 17.3. The highest BCUT2D eigenvalue weighted by Gasteiger charge is 2.29. The Kier molecular flexibility index (Phi) is 7.69. The van der Waals surface area contributed by atoms with Crippen LogP contribution < -0.4 is 5.32 Å². The van der Waals surface area contributed by atoms with Gasteiger partial charge in [0.25, 0.3) is 0 Å². The van der Waals surface area contributed by atoms with Crippen LogP contribution in [0.25, 0.3) is 0 Å². The molecule has 1 aliphatic rings. The number of likely N-dealkylation sites (tertiary alicyclic amines) is 1. The number of hydrogen-bond donors (Lipinski definition) is 1. The van der Waals surface area contributed by atoms with Gasteiger partial charge in [-0.3, -0.25) is 9.69 Å². The Hall–Kier alpha value is -2.60. The van der Waals surface area contributed by atoms with Crippen molar-refractivity contribution in [1.82, 2.24) is 14.8 Å². The Balaban J connectivity index is 1.58. The smallest absolute Gasteiger partial charge is 0.354 e. The summed E-state index contributed by atoms with van der Waals surface area (Å²) in [4.78, 5) is 27.2. The number of carbonyl (C=O) groups excluding carboxylic acids is 2. The topological polar surface area (TPSA) is 63.6 Å². The Morgan fingerprint density at radius 2 is 1.83 bits per heavy atom. The molecule has 3 rings (SSSR count). The van der Waals surface area contributed by atoms with Gasteiger partial charge in [-0.05, 0) is 43.9 Å². The van der Waals surface area contributed by atoms with E-state index in [1.165, 1.54) is 7.11 Å². The molecule has 6 nitrogen and oxygen atoms in total. The highest BCUT2D eigenvalue weighted by molar-refractivity contribution is 5.87. The van der Waals surface area contributed by atoms with E-state index >= 15 is 0 Å². The predicted molar refractivity (Wildman–Crippen MR) is 117 cm³/mol. The average molecular weight is 412 g/mol. The number of hydrogen-bond acceptors (Lipinski definition) is 4. The molecule has 162 valence electrons. The van der Waals surface area contributed by atoms with E-state index in [2.05, 4.69) is 29.3 Å². The number of methoxy groups -OCH3 is 1. The molecule has 1 amide bonds. The van der Waals surface area contributed by atoms with Crippen LogP contribution >= 0.6 is 0 Å². The van der Waals surface area contributed by atoms with Gasteiger partial charge in [0.15, 0.2) is 0 Å². The van der Waals surface area contributed by atoms with Gasteiger partial charge in [0.05, 0.1) is 19.2 Å². The lowest BCUT2D eigenvalue weighted by atomic mass is 10.0. The summed E-state index contributed by atoms with van der Waals surface area (Å²) in [5.41, 5.74) is 1.74. The lowest BCUT2D eigenvalue weighted by molar-refractivity contribution is -0.127. The molecule has 0 aliphatic carbocycles. The van der Waals surface area contributed by atoms with E-state index in [1.807, 2.05) is 42.0 Å². The van der Waals surface area contributed by atoms with Crippen LogP contribution in [0.5, 0.6) is 0 Å². The van der Waals surface area contributed by atoms with Crippen molar-refractivity contribution in [2.24, 2.45) is 0 Å². The van der Waals surface area contributed by atoms with E-state index in [0.29, 0.717) is 5.69 Å². The number of esters is 1. The molecular weight excluding hydrogens is 378 g/mol. The van der Waals surface area contributed by atoms with Crippen LogP contribution in [0.3, 0.4) is 0 Å². The summed E-state index contributed by atoms with van der Waals surface area (Å²) in [6.45, 7) is 5.77. The molecule has 0 bridgehead atoms. The second-order valence-corrected chi connectivity index (χ2v) is 8.00. The molecule has 1 N–H and O–H groups in total. The summed E-state index contributed by atoms with van der Waals surface area (Å²) in [5.74, 6) is -0.231. The van der Waals surface area contributed by atoms with Crippen molar-refractivity contribution in [3.63, 3.8) is 0 Å². The van der Waals surface area contributed by atoms with E-state index in [0.717, 1.165) is 44.3 Å². The van der Waals surface area contributed by atoms with Gasteiger partial charge in [0.2, 0.25) is 5.91 Å². The zero-order valence-corrected chi connectivity index (χ0v) is 18.2. The number of piperidine rings is 1. The third kappa shape index (κ3) is 5.11. The van der Waals surface area contributed by atoms with Crippen LogP contribution in [0, 0.1) is 0 Å². The number of carbonyl (C=O) groups is 2. The molecule has 1 saturated heterocycles. The highest BCUT2D eigenvalue weighted by Crippen LogP contribution is 2.26. The molecule has 0 radical (unpaired) electrons. The van der Waals surface area contributed by atoms with Crippen LogP contribution in [0.1, 0.15) is 67.7 Å². The minimum atomic E-state index is -0.307. The maximum atomic E-state index is 13.0. The third-order valence-electron chi connectivity index (χ3n) is 6.09. The summed E-state index contributed by atoms with van der Waals surface area (Å²) in [7, 11) is 1.41. The molecule has 2 unspecified atom stereocenters. The van der Waals surface area contributed by atoms with Crippen molar-refractivity contribution in [3.05, 3.63) is 59.9 Å². The standard InChI is InChI=1S/C24H33N3O3/c1-4-9-21(19-10-6-5-7-11-19)25-23(28)18(2)26-16-13-20(14-17-26)27-15-8-12-22(27)24(29)30-3/h5-8,10-12,15,18,20-21H,4,9,13-14,16-17H2,1-3H3,(H,25,28). The van der Waals surface area contributed by atoms with Crippen LogP contribution in [-0.4, -0.2) is 47.6 Å². The van der Waals surface area contributed by atoms with E-state index in [9.17, 15) is 9.59 Å². The zero-order valence-electron chi connectivity index (χ0n) is 18.2. The van der Waals surface area contributed by atoms with E-state index in [1.54, 1.807) is 6.07 Å². The number of rotatable bonds is 8. The van der Waals surface area contributed by atoms with Gasteiger partial charge in [0.1, 0.15) is 5.69 Å². The van der Waals surface area contributed by atoms with Crippen molar-refractivity contribution < 1.29 is 14.3 Å². The van der Waals surface area contributed by atoms with E-state index < -0.39 is 0 Å². The second kappa shape index (κ2) is 10.4. The predicted octanol–water partition coefficient (Wildman–Crippen LogP) is 3.96. The van der Waals surface area contributed by atoms with Gasteiger partial charge >= 0.3 is 5.97 Å². The molecule has 1 aromatic heterocycles. The van der Waals surface area contributed by atoms with Crippen molar-refractivity contribution in [1.29, 1.82) is 0 Å². The maximum Gasteiger partial charge on any atom is 0.354 e. The molecule has 30 heavy (non-hydrogen) atoms. The summed E-state index contributed by atoms with van der Waals surface area (Å²) in [6.07, 6.45) is 5.67. The molecule has 1 aromatic carbocycles. The van der Waals surface area contributed by atoms with Crippen molar-refractivity contribution >= 4 is 11.9 Å². The minimum absolute atomic E-state index is 0.0474. The highest BCUT2D eigenvalue weighted by atomic mass is 16.5. The lowest BCUT2D eigenvalue weighted by Gasteiger charge is -2.36. The van der Waals surface area contributed by atoms with Gasteiger partial charge in [0, 0.05) is 25.3 Å². The summed E-state index contributed by atoms with van der Waals surface area (Å²) in [5, 5.41) is 3.25. The number of nitrogens with one attached hydrogen (secondary N) is 1. The fraction of sp³-hybridized carbons (Fsp3) is 0.500. The van der Waals surface area contributed by atoms with Crippen molar-refractivity contribution in [3.8, 4) is 0 Å². The number of nitrogens with zero attached hydrogens (tertiary/aromatic N) is 2. The average Bonchev–Trinajstić information content (AvgIpc) is 3.28. The molecule has 2 atom stereocenters. The molecule has 2 aromatic rings. The summed E-state index contributed by atoms with van der Waals surface area (Å²) in [6, 6.07) is 14.0. The van der Waals surface area contributed by atoms with Crippen molar-refractivity contribution in [2.45, 2.75) is 57.7 Å². The number of benzene rings is 1. The number of ether oxygens (including phenoxy) is 1. The van der Waals surface area contributed by atoms with Crippen molar-refractivity contribution in [2.75, 3.05) is 20.2 Å². The first-order chi connectivity index (χ1) is 14.5. The molecule has 1 fully saturated rings. The Labute approximate surface area is 179 Å². The second-order valence-electron chi connectivity index (χ2n) is 8.00. The van der Waals surface area contributed by atoms with Gasteiger partial charge in [-0.2, -0.15) is 0 Å². The van der Waals surface area contributed by atoms with Crippen LogP contribution in [0.2, 0.25) is 0 Å². The largest absolute Gasteiger partial charge is 0.464 e.